The summed E-state index contributed by atoms with van der Waals surface area (Å²) in [6.45, 7) is 4.30. The number of hydrogen-bond donors (Lipinski definition) is 0. The zero-order valence-electron chi connectivity index (χ0n) is 11.1. The highest BCUT2D eigenvalue weighted by Crippen LogP contribution is 2.40. The van der Waals surface area contributed by atoms with Crippen molar-refractivity contribution < 1.29 is 4.39 Å². The van der Waals surface area contributed by atoms with Gasteiger partial charge < -0.3 is 0 Å². The van der Waals surface area contributed by atoms with E-state index >= 15 is 0 Å². The SMILES string of the molecule is CC1(c2ccc(F)cc2)CCN1Cc1ccccc1. The average Bonchev–Trinajstić information content (AvgIpc) is 2.45. The Hall–Kier alpha value is -1.67. The van der Waals surface area contributed by atoms with Crippen molar-refractivity contribution in [1.82, 2.24) is 4.90 Å². The summed E-state index contributed by atoms with van der Waals surface area (Å²) >= 11 is 0. The molecule has 2 aromatic carbocycles. The number of rotatable bonds is 3. The zero-order chi connectivity index (χ0) is 13.3. The van der Waals surface area contributed by atoms with Crippen molar-refractivity contribution in [2.75, 3.05) is 6.54 Å². The van der Waals surface area contributed by atoms with E-state index in [1.807, 2.05) is 18.2 Å². The van der Waals surface area contributed by atoms with Gasteiger partial charge in [-0.2, -0.15) is 0 Å². The third-order valence-corrected chi connectivity index (χ3v) is 4.25. The fourth-order valence-electron chi connectivity index (χ4n) is 2.80. The van der Waals surface area contributed by atoms with Gasteiger partial charge in [0.1, 0.15) is 5.82 Å². The molecule has 2 heteroatoms. The molecule has 0 saturated carbocycles. The summed E-state index contributed by atoms with van der Waals surface area (Å²) in [5.74, 6) is -0.165. The monoisotopic (exact) mass is 255 g/mol. The van der Waals surface area contributed by atoms with Crippen LogP contribution < -0.4 is 0 Å². The van der Waals surface area contributed by atoms with E-state index in [-0.39, 0.29) is 11.4 Å². The summed E-state index contributed by atoms with van der Waals surface area (Å²) in [4.78, 5) is 2.45. The fraction of sp³-hybridized carbons (Fsp3) is 0.294. The molecule has 1 heterocycles. The summed E-state index contributed by atoms with van der Waals surface area (Å²) in [6, 6.07) is 17.4. The van der Waals surface area contributed by atoms with Crippen LogP contribution in [-0.2, 0) is 12.1 Å². The minimum Gasteiger partial charge on any atom is -0.289 e. The van der Waals surface area contributed by atoms with Gasteiger partial charge in [0.25, 0.3) is 0 Å². The Morgan fingerprint density at radius 3 is 2.32 bits per heavy atom. The predicted octanol–water partition coefficient (Wildman–Crippen LogP) is 3.95. The van der Waals surface area contributed by atoms with Crippen LogP contribution in [0.15, 0.2) is 54.6 Å². The van der Waals surface area contributed by atoms with Crippen LogP contribution in [0.5, 0.6) is 0 Å². The predicted molar refractivity (Wildman–Crippen MR) is 75.2 cm³/mol. The normalized spacial score (nSPS) is 23.1. The highest BCUT2D eigenvalue weighted by molar-refractivity contribution is 5.28. The number of hydrogen-bond acceptors (Lipinski definition) is 1. The summed E-state index contributed by atoms with van der Waals surface area (Å²) in [7, 11) is 0. The standard InChI is InChI=1S/C17H18FN/c1-17(15-7-9-16(18)10-8-15)11-12-19(17)13-14-5-3-2-4-6-14/h2-10H,11-13H2,1H3. The van der Waals surface area contributed by atoms with Crippen molar-refractivity contribution in [3.05, 3.63) is 71.5 Å². The van der Waals surface area contributed by atoms with Gasteiger partial charge in [0, 0.05) is 18.6 Å². The van der Waals surface area contributed by atoms with Gasteiger partial charge in [-0.25, -0.2) is 4.39 Å². The van der Waals surface area contributed by atoms with Crippen molar-refractivity contribution in [1.29, 1.82) is 0 Å². The third kappa shape index (κ3) is 2.28. The van der Waals surface area contributed by atoms with Crippen LogP contribution in [0.1, 0.15) is 24.5 Å². The molecule has 3 rings (SSSR count). The molecule has 0 N–H and O–H groups in total. The maximum atomic E-state index is 13.0. The molecule has 19 heavy (non-hydrogen) atoms. The van der Waals surface area contributed by atoms with Gasteiger partial charge in [-0.1, -0.05) is 42.5 Å². The van der Waals surface area contributed by atoms with E-state index in [1.54, 1.807) is 12.1 Å². The lowest BCUT2D eigenvalue weighted by atomic mass is 9.79. The first-order chi connectivity index (χ1) is 9.18. The third-order valence-electron chi connectivity index (χ3n) is 4.25. The Morgan fingerprint density at radius 2 is 1.74 bits per heavy atom. The molecular formula is C17H18FN. The van der Waals surface area contributed by atoms with Gasteiger partial charge in [-0.15, -0.1) is 0 Å². The first-order valence-electron chi connectivity index (χ1n) is 6.73. The Labute approximate surface area is 113 Å². The van der Waals surface area contributed by atoms with E-state index in [1.165, 1.54) is 11.1 Å². The lowest BCUT2D eigenvalue weighted by Crippen LogP contribution is -2.54. The van der Waals surface area contributed by atoms with Gasteiger partial charge in [0.15, 0.2) is 0 Å². The van der Waals surface area contributed by atoms with E-state index < -0.39 is 0 Å². The molecule has 0 aliphatic carbocycles. The van der Waals surface area contributed by atoms with E-state index in [0.717, 1.165) is 19.5 Å². The van der Waals surface area contributed by atoms with Gasteiger partial charge in [-0.3, -0.25) is 4.90 Å². The fourth-order valence-corrected chi connectivity index (χ4v) is 2.80. The Balaban J connectivity index is 1.79. The van der Waals surface area contributed by atoms with E-state index in [2.05, 4.69) is 36.1 Å². The average molecular weight is 255 g/mol. The molecule has 0 radical (unpaired) electrons. The van der Waals surface area contributed by atoms with Crippen molar-refractivity contribution in [2.24, 2.45) is 0 Å². The van der Waals surface area contributed by atoms with Gasteiger partial charge in [0.2, 0.25) is 0 Å². The van der Waals surface area contributed by atoms with E-state index in [9.17, 15) is 4.39 Å². The van der Waals surface area contributed by atoms with Crippen LogP contribution in [0.4, 0.5) is 4.39 Å². The van der Waals surface area contributed by atoms with Crippen molar-refractivity contribution in [3.8, 4) is 0 Å². The summed E-state index contributed by atoms with van der Waals surface area (Å²) in [6.07, 6.45) is 1.13. The lowest BCUT2D eigenvalue weighted by Gasteiger charge is -2.51. The van der Waals surface area contributed by atoms with E-state index in [0.29, 0.717) is 0 Å². The first-order valence-corrected chi connectivity index (χ1v) is 6.73. The molecule has 98 valence electrons. The molecule has 0 spiro atoms. The largest absolute Gasteiger partial charge is 0.289 e. The quantitative estimate of drug-likeness (QED) is 0.802. The molecule has 1 aliphatic rings. The molecule has 2 aromatic rings. The van der Waals surface area contributed by atoms with Crippen molar-refractivity contribution in [3.63, 3.8) is 0 Å². The smallest absolute Gasteiger partial charge is 0.123 e. The number of benzene rings is 2. The number of likely N-dealkylation sites (tertiary alicyclic amines) is 1. The molecular weight excluding hydrogens is 237 g/mol. The molecule has 0 amide bonds. The molecule has 1 nitrogen and oxygen atoms in total. The minimum absolute atomic E-state index is 0.0452. The molecule has 0 aromatic heterocycles. The summed E-state index contributed by atoms with van der Waals surface area (Å²) in [5.41, 5.74) is 2.58. The highest BCUT2D eigenvalue weighted by atomic mass is 19.1. The Morgan fingerprint density at radius 1 is 1.05 bits per heavy atom. The zero-order valence-corrected chi connectivity index (χ0v) is 11.1. The summed E-state index contributed by atoms with van der Waals surface area (Å²) < 4.78 is 13.0. The Kier molecular flexibility index (Phi) is 3.11. The number of halogens is 1. The first kappa shape index (κ1) is 12.4. The molecule has 1 aliphatic heterocycles. The van der Waals surface area contributed by atoms with Crippen molar-refractivity contribution >= 4 is 0 Å². The molecule has 1 fully saturated rings. The minimum atomic E-state index is -0.165. The van der Waals surface area contributed by atoms with E-state index in [4.69, 9.17) is 0 Å². The highest BCUT2D eigenvalue weighted by Gasteiger charge is 2.41. The molecule has 1 saturated heterocycles. The van der Waals surface area contributed by atoms with Crippen LogP contribution in [0.2, 0.25) is 0 Å². The van der Waals surface area contributed by atoms with Gasteiger partial charge >= 0.3 is 0 Å². The lowest BCUT2D eigenvalue weighted by molar-refractivity contribution is -0.0118. The second-order valence-corrected chi connectivity index (χ2v) is 5.44. The van der Waals surface area contributed by atoms with Crippen LogP contribution in [-0.4, -0.2) is 11.4 Å². The topological polar surface area (TPSA) is 3.24 Å². The van der Waals surface area contributed by atoms with Crippen LogP contribution in [0.25, 0.3) is 0 Å². The molecule has 1 unspecified atom stereocenters. The molecule has 1 atom stereocenters. The van der Waals surface area contributed by atoms with Crippen LogP contribution >= 0.6 is 0 Å². The van der Waals surface area contributed by atoms with Crippen LogP contribution in [0, 0.1) is 5.82 Å². The van der Waals surface area contributed by atoms with Crippen molar-refractivity contribution in [2.45, 2.75) is 25.4 Å². The second-order valence-electron chi connectivity index (χ2n) is 5.44. The maximum absolute atomic E-state index is 13.0. The second kappa shape index (κ2) is 4.78. The summed E-state index contributed by atoms with van der Waals surface area (Å²) in [5, 5.41) is 0. The van der Waals surface area contributed by atoms with Gasteiger partial charge in [0.05, 0.1) is 0 Å². The van der Waals surface area contributed by atoms with Gasteiger partial charge in [-0.05, 0) is 36.6 Å². The molecule has 0 bridgehead atoms. The number of nitrogens with zero attached hydrogens (tertiary/aromatic N) is 1. The van der Waals surface area contributed by atoms with Crippen LogP contribution in [0.3, 0.4) is 0 Å². The maximum Gasteiger partial charge on any atom is 0.123 e. The Bertz CT molecular complexity index is 549.